The van der Waals surface area contributed by atoms with Crippen LogP contribution in [0.1, 0.15) is 39.8 Å². The first kappa shape index (κ1) is 13.2. The molecule has 1 rings (SSSR count). The zero-order valence-electron chi connectivity index (χ0n) is 11.1. The summed E-state index contributed by atoms with van der Waals surface area (Å²) in [6.45, 7) is 12.1. The van der Waals surface area contributed by atoms with Crippen LogP contribution in [0.25, 0.3) is 0 Å². The molecule has 0 spiro atoms. The normalized spacial score (nSPS) is 12.0. The first-order chi connectivity index (χ1) is 7.53. The number of aromatic nitrogens is 2. The lowest BCUT2D eigenvalue weighted by molar-refractivity contribution is 0.396. The van der Waals surface area contributed by atoms with Crippen LogP contribution < -0.4 is 5.32 Å². The molecule has 3 heteroatoms. The van der Waals surface area contributed by atoms with Crippen molar-refractivity contribution >= 4 is 0 Å². The van der Waals surface area contributed by atoms with Gasteiger partial charge in [-0.2, -0.15) is 0 Å². The zero-order valence-corrected chi connectivity index (χ0v) is 11.1. The van der Waals surface area contributed by atoms with Gasteiger partial charge in [0.2, 0.25) is 0 Å². The van der Waals surface area contributed by atoms with Gasteiger partial charge < -0.3 is 9.88 Å². The molecule has 0 saturated carbocycles. The number of hydrogen-bond acceptors (Lipinski definition) is 2. The van der Waals surface area contributed by atoms with E-state index in [2.05, 4.69) is 42.6 Å². The van der Waals surface area contributed by atoms with E-state index in [0.29, 0.717) is 5.41 Å². The highest BCUT2D eigenvalue weighted by Gasteiger charge is 2.14. The van der Waals surface area contributed by atoms with E-state index in [9.17, 15) is 0 Å². The Hall–Kier alpha value is -0.830. The van der Waals surface area contributed by atoms with E-state index in [1.54, 1.807) is 0 Å². The van der Waals surface area contributed by atoms with Gasteiger partial charge in [0.25, 0.3) is 0 Å². The van der Waals surface area contributed by atoms with Gasteiger partial charge in [-0.05, 0) is 24.8 Å². The summed E-state index contributed by atoms with van der Waals surface area (Å²) in [7, 11) is 0. The molecule has 0 atom stereocenters. The molecule has 0 amide bonds. The van der Waals surface area contributed by atoms with E-state index >= 15 is 0 Å². The van der Waals surface area contributed by atoms with Crippen LogP contribution >= 0.6 is 0 Å². The third kappa shape index (κ3) is 4.79. The molecule has 0 unspecified atom stereocenters. The van der Waals surface area contributed by atoms with Crippen molar-refractivity contribution in [1.29, 1.82) is 0 Å². The second kappa shape index (κ2) is 6.04. The molecule has 0 aliphatic heterocycles. The van der Waals surface area contributed by atoms with Crippen LogP contribution in [0.5, 0.6) is 0 Å². The van der Waals surface area contributed by atoms with E-state index in [-0.39, 0.29) is 0 Å². The fraction of sp³-hybridized carbons (Fsp3) is 0.769. The van der Waals surface area contributed by atoms with Crippen molar-refractivity contribution < 1.29 is 0 Å². The maximum Gasteiger partial charge on any atom is 0.0948 e. The van der Waals surface area contributed by atoms with Gasteiger partial charge in [-0.15, -0.1) is 0 Å². The van der Waals surface area contributed by atoms with E-state index in [1.807, 2.05) is 12.5 Å². The van der Waals surface area contributed by atoms with Crippen molar-refractivity contribution in [1.82, 2.24) is 14.9 Å². The lowest BCUT2D eigenvalue weighted by Crippen LogP contribution is -2.22. The lowest BCUT2D eigenvalue weighted by Gasteiger charge is -2.19. The minimum Gasteiger partial charge on any atom is -0.333 e. The summed E-state index contributed by atoms with van der Waals surface area (Å²) in [6, 6.07) is 0. The number of rotatable bonds is 6. The number of hydrogen-bond donors (Lipinski definition) is 1. The van der Waals surface area contributed by atoms with Crippen molar-refractivity contribution in [3.63, 3.8) is 0 Å². The van der Waals surface area contributed by atoms with Crippen LogP contribution in [0.15, 0.2) is 12.5 Å². The summed E-state index contributed by atoms with van der Waals surface area (Å²) in [4.78, 5) is 4.24. The van der Waals surface area contributed by atoms with Crippen LogP contribution in [0, 0.1) is 5.41 Å². The number of imidazole rings is 1. The molecule has 1 heterocycles. The highest BCUT2D eigenvalue weighted by molar-refractivity contribution is 5.01. The largest absolute Gasteiger partial charge is 0.333 e. The maximum atomic E-state index is 4.24. The van der Waals surface area contributed by atoms with Crippen molar-refractivity contribution in [3.8, 4) is 0 Å². The molecule has 0 aliphatic carbocycles. The van der Waals surface area contributed by atoms with Crippen molar-refractivity contribution in [2.24, 2.45) is 5.41 Å². The maximum absolute atomic E-state index is 4.24. The molecule has 0 saturated heterocycles. The first-order valence-corrected chi connectivity index (χ1v) is 6.22. The molecule has 16 heavy (non-hydrogen) atoms. The molecule has 0 radical (unpaired) electrons. The van der Waals surface area contributed by atoms with Crippen molar-refractivity contribution in [3.05, 3.63) is 18.2 Å². The Kier molecular flexibility index (Phi) is 5.00. The van der Waals surface area contributed by atoms with Gasteiger partial charge in [-0.25, -0.2) is 4.98 Å². The van der Waals surface area contributed by atoms with Crippen LogP contribution in [-0.4, -0.2) is 22.6 Å². The standard InChI is InChI=1S/C13H25N3/c1-5-6-14-7-8-16-11-15-10-12(16)9-13(2,3)4/h10-11,14H,5-9H2,1-4H3. The summed E-state index contributed by atoms with van der Waals surface area (Å²) >= 11 is 0. The smallest absolute Gasteiger partial charge is 0.0948 e. The van der Waals surface area contributed by atoms with Crippen LogP contribution in [0.3, 0.4) is 0 Å². The quantitative estimate of drug-likeness (QED) is 0.751. The summed E-state index contributed by atoms with van der Waals surface area (Å²) in [6.07, 6.45) is 6.21. The second-order valence-electron chi connectivity index (χ2n) is 5.57. The molecule has 0 aliphatic rings. The van der Waals surface area contributed by atoms with Gasteiger partial charge in [-0.3, -0.25) is 0 Å². The molecular formula is C13H25N3. The number of nitrogens with one attached hydrogen (secondary N) is 1. The van der Waals surface area contributed by atoms with E-state index < -0.39 is 0 Å². The van der Waals surface area contributed by atoms with Gasteiger partial charge in [0, 0.05) is 25.0 Å². The molecule has 1 N–H and O–H groups in total. The molecule has 92 valence electrons. The van der Waals surface area contributed by atoms with Gasteiger partial charge >= 0.3 is 0 Å². The Balaban J connectivity index is 2.44. The molecular weight excluding hydrogens is 198 g/mol. The lowest BCUT2D eigenvalue weighted by atomic mass is 9.91. The minimum absolute atomic E-state index is 0.328. The first-order valence-electron chi connectivity index (χ1n) is 6.22. The average molecular weight is 223 g/mol. The van der Waals surface area contributed by atoms with Gasteiger partial charge in [0.1, 0.15) is 0 Å². The Labute approximate surface area is 99.3 Å². The Morgan fingerprint density at radius 1 is 1.31 bits per heavy atom. The Bertz CT molecular complexity index is 296. The fourth-order valence-electron chi connectivity index (χ4n) is 1.74. The van der Waals surface area contributed by atoms with Gasteiger partial charge in [-0.1, -0.05) is 27.7 Å². The van der Waals surface area contributed by atoms with Crippen LogP contribution in [-0.2, 0) is 13.0 Å². The highest BCUT2D eigenvalue weighted by atomic mass is 15.1. The second-order valence-corrected chi connectivity index (χ2v) is 5.57. The molecule has 1 aromatic heterocycles. The summed E-state index contributed by atoms with van der Waals surface area (Å²) in [5.41, 5.74) is 1.67. The average Bonchev–Trinajstić information content (AvgIpc) is 2.58. The Morgan fingerprint density at radius 2 is 2.06 bits per heavy atom. The monoisotopic (exact) mass is 223 g/mol. The fourth-order valence-corrected chi connectivity index (χ4v) is 1.74. The SMILES string of the molecule is CCCNCCn1cncc1CC(C)(C)C. The van der Waals surface area contributed by atoms with Gasteiger partial charge in [0.05, 0.1) is 6.33 Å². The van der Waals surface area contributed by atoms with Crippen molar-refractivity contribution in [2.45, 2.75) is 47.1 Å². The third-order valence-corrected chi connectivity index (χ3v) is 2.47. The topological polar surface area (TPSA) is 29.9 Å². The summed E-state index contributed by atoms with van der Waals surface area (Å²) in [5.74, 6) is 0. The van der Waals surface area contributed by atoms with E-state index in [0.717, 1.165) is 26.1 Å². The molecule has 1 aromatic rings. The van der Waals surface area contributed by atoms with E-state index in [4.69, 9.17) is 0 Å². The van der Waals surface area contributed by atoms with Crippen LogP contribution in [0.4, 0.5) is 0 Å². The Morgan fingerprint density at radius 3 is 2.69 bits per heavy atom. The molecule has 3 nitrogen and oxygen atoms in total. The van der Waals surface area contributed by atoms with Gasteiger partial charge in [0.15, 0.2) is 0 Å². The zero-order chi connectivity index (χ0) is 12.0. The molecule has 0 fully saturated rings. The number of nitrogens with zero attached hydrogens (tertiary/aromatic N) is 2. The molecule has 0 aromatic carbocycles. The highest BCUT2D eigenvalue weighted by Crippen LogP contribution is 2.19. The summed E-state index contributed by atoms with van der Waals surface area (Å²) < 4.78 is 2.26. The predicted molar refractivity (Wildman–Crippen MR) is 68.5 cm³/mol. The van der Waals surface area contributed by atoms with Crippen molar-refractivity contribution in [2.75, 3.05) is 13.1 Å². The minimum atomic E-state index is 0.328. The third-order valence-electron chi connectivity index (χ3n) is 2.47. The molecule has 0 bridgehead atoms. The van der Waals surface area contributed by atoms with Crippen LogP contribution in [0.2, 0.25) is 0 Å². The van der Waals surface area contributed by atoms with E-state index in [1.165, 1.54) is 12.1 Å². The summed E-state index contributed by atoms with van der Waals surface area (Å²) in [5, 5.41) is 3.41. The predicted octanol–water partition coefficient (Wildman–Crippen LogP) is 2.47.